The Balaban J connectivity index is 1.53. The van der Waals surface area contributed by atoms with E-state index in [0.717, 1.165) is 40.4 Å². The van der Waals surface area contributed by atoms with Gasteiger partial charge in [0.1, 0.15) is 41.8 Å². The average Bonchev–Trinajstić information content (AvgIpc) is 1.75. The van der Waals surface area contributed by atoms with Gasteiger partial charge in [0.05, 0.1) is 25.6 Å². The number of alkyl halides is 5. The number of carbonyl (C=O) groups excluding carboxylic acids is 11. The minimum absolute atomic E-state index is 0.00157. The monoisotopic (exact) mass is 1370 g/mol. The van der Waals surface area contributed by atoms with E-state index in [1.165, 1.54) is 61.9 Å². The van der Waals surface area contributed by atoms with Gasteiger partial charge in [-0.15, -0.1) is 11.6 Å². The van der Waals surface area contributed by atoms with Crippen molar-refractivity contribution in [3.05, 3.63) is 0 Å². The molecule has 5 aliphatic rings. The smallest absolute Gasteiger partial charge is 0.351 e. The molecular weight excluding hydrogens is 1270 g/mol. The molecule has 27 heteroatoms. The summed E-state index contributed by atoms with van der Waals surface area (Å²) in [4.78, 5) is 169. The Bertz CT molecular complexity index is 2590. The van der Waals surface area contributed by atoms with Crippen LogP contribution in [0.4, 0.5) is 13.2 Å². The average molecular weight is 1380 g/mol. The van der Waals surface area contributed by atoms with E-state index in [4.69, 9.17) is 11.6 Å². The van der Waals surface area contributed by atoms with Crippen molar-refractivity contribution >= 4 is 92.5 Å². The maximum absolute atomic E-state index is 15.1. The molecule has 1 spiro atoms. The van der Waals surface area contributed by atoms with Crippen LogP contribution in [0.3, 0.4) is 0 Å². The molecule has 3 unspecified atom stereocenters. The zero-order valence-electron chi connectivity index (χ0n) is 55.9. The van der Waals surface area contributed by atoms with E-state index in [9.17, 15) is 56.3 Å². The van der Waals surface area contributed by atoms with Crippen molar-refractivity contribution in [2.24, 2.45) is 35.5 Å². The lowest BCUT2D eigenvalue weighted by Crippen LogP contribution is -2.64. The fourth-order valence-corrected chi connectivity index (χ4v) is 15.0. The van der Waals surface area contributed by atoms with Crippen LogP contribution in [0.5, 0.6) is 0 Å². The highest BCUT2D eigenvalue weighted by molar-refractivity contribution is 9.09. The summed E-state index contributed by atoms with van der Waals surface area (Å²) in [7, 11) is 8.60. The molecule has 4 N–H and O–H groups in total. The Morgan fingerprint density at radius 2 is 1.23 bits per heavy atom. The van der Waals surface area contributed by atoms with E-state index >= 15 is 9.59 Å². The fourth-order valence-electron chi connectivity index (χ4n) is 14.0. The van der Waals surface area contributed by atoms with Gasteiger partial charge in [0.15, 0.2) is 0 Å². The zero-order valence-corrected chi connectivity index (χ0v) is 58.3. The van der Waals surface area contributed by atoms with E-state index in [-0.39, 0.29) is 99.8 Å². The van der Waals surface area contributed by atoms with Crippen LogP contribution in [-0.2, 0) is 52.7 Å². The topological polar surface area (TPSA) is 259 Å². The second kappa shape index (κ2) is 33.7. The lowest BCUT2D eigenvalue weighted by molar-refractivity contribution is -0.182. The van der Waals surface area contributed by atoms with Crippen LogP contribution in [0.2, 0.25) is 0 Å². The van der Waals surface area contributed by atoms with Crippen molar-refractivity contribution in [3.63, 3.8) is 0 Å². The van der Waals surface area contributed by atoms with Crippen LogP contribution >= 0.6 is 27.5 Å². The molecule has 91 heavy (non-hydrogen) atoms. The SMILES string of the molecule is CC[C@H](C)[C@@H]1NC(=O)[C@H](CC(C)C)N(C)C(=O)C[C@@H](C)NC(=O)[C@H](C(C)C)N(C)C(=O)C2(CCCC2)NC(=O)[C@@H]2CCCN2C(=O)[C@H](CCC2CCC(C(F)(F)F)C(Cl)C2)NC(=O)CN(C)C(=O)[C@H](CC2CCC(Br)CC2)N(C)C(=O)CN(C)C(=O)CN(C)C1=O. The highest BCUT2D eigenvalue weighted by atomic mass is 79.9. The van der Waals surface area contributed by atoms with Gasteiger partial charge in [-0.3, -0.25) is 52.7 Å². The first-order chi connectivity index (χ1) is 42.5. The quantitative estimate of drug-likeness (QED) is 0.196. The van der Waals surface area contributed by atoms with Gasteiger partial charge in [-0.2, -0.15) is 13.2 Å². The van der Waals surface area contributed by atoms with E-state index in [1.807, 2.05) is 20.8 Å². The third-order valence-corrected chi connectivity index (χ3v) is 21.2. The minimum Gasteiger partial charge on any atom is -0.351 e. The van der Waals surface area contributed by atoms with Gasteiger partial charge in [-0.25, -0.2) is 0 Å². The molecule has 0 radical (unpaired) electrons. The largest absolute Gasteiger partial charge is 0.393 e. The summed E-state index contributed by atoms with van der Waals surface area (Å²) < 4.78 is 41.7. The van der Waals surface area contributed by atoms with Gasteiger partial charge < -0.3 is 55.6 Å². The van der Waals surface area contributed by atoms with Crippen LogP contribution < -0.4 is 21.3 Å². The lowest BCUT2D eigenvalue weighted by atomic mass is 9.78. The molecule has 0 aromatic heterocycles. The Morgan fingerprint density at radius 3 is 1.81 bits per heavy atom. The van der Waals surface area contributed by atoms with Crippen LogP contribution in [0, 0.1) is 35.5 Å². The number of likely N-dealkylation sites (N-methyl/N-ethyl adjacent to an activating group) is 6. The predicted molar refractivity (Wildman–Crippen MR) is 342 cm³/mol. The van der Waals surface area contributed by atoms with Gasteiger partial charge in [-0.05, 0) is 133 Å². The standard InChI is InChI=1S/C64H104BrClF3N11O11/c1-14-39(6)54-61(90)76(10)35-52(83)74(8)36-53(84)78(12)49(33-42-19-23-43(65)24-20-42)60(89)75(9)34-50(81)71-46(26-22-41-21-25-44(45(66)32-41)64(67,68)69)59(88)80-29-17-18-47(80)57(86)73-63(27-15-16-28-63)62(91)79(13)55(38(4)5)58(87)70-40(7)31-51(82)77(11)48(30-37(2)3)56(85)72-54/h37-49,54-55H,14-36H2,1-13H3,(H,70,87)(H,71,81)(H,72,85)(H,73,86)/t39-,40+,41?,42?,43?,44?,45?,46-,47-,48-,49-,54-,55-/m0/s1. The number of carbonyl (C=O) groups is 11. The van der Waals surface area contributed by atoms with Crippen LogP contribution in [0.1, 0.15) is 170 Å². The number of hydrogen-bond donors (Lipinski definition) is 4. The molecule has 0 bridgehead atoms. The molecule has 2 saturated heterocycles. The number of amides is 11. The van der Waals surface area contributed by atoms with Crippen LogP contribution in [0.25, 0.3) is 0 Å². The first-order valence-electron chi connectivity index (χ1n) is 32.9. The summed E-state index contributed by atoms with van der Waals surface area (Å²) in [5.74, 6) is -9.70. The van der Waals surface area contributed by atoms with Gasteiger partial charge in [0, 0.05) is 71.5 Å². The van der Waals surface area contributed by atoms with Crippen LogP contribution in [-0.4, -0.2) is 232 Å². The Hall–Kier alpha value is -5.27. The second-order valence-corrected chi connectivity index (χ2v) is 29.6. The van der Waals surface area contributed by atoms with Gasteiger partial charge in [-0.1, -0.05) is 76.7 Å². The third kappa shape index (κ3) is 20.4. The second-order valence-electron chi connectivity index (χ2n) is 27.8. The molecule has 2 aliphatic heterocycles. The zero-order chi connectivity index (χ0) is 68.1. The highest BCUT2D eigenvalue weighted by Gasteiger charge is 2.51. The van der Waals surface area contributed by atoms with Gasteiger partial charge in [0.25, 0.3) is 0 Å². The summed E-state index contributed by atoms with van der Waals surface area (Å²) in [5.41, 5.74) is -1.48. The number of rotatable bonds is 10. The van der Waals surface area contributed by atoms with E-state index < -0.39 is 162 Å². The van der Waals surface area contributed by atoms with Crippen molar-refractivity contribution in [1.29, 1.82) is 0 Å². The van der Waals surface area contributed by atoms with E-state index in [0.29, 0.717) is 25.7 Å². The first kappa shape index (κ1) is 76.4. The molecule has 5 fully saturated rings. The summed E-state index contributed by atoms with van der Waals surface area (Å²) in [6.07, 6.45) is 1.49. The number of nitrogens with zero attached hydrogens (tertiary/aromatic N) is 7. The lowest BCUT2D eigenvalue weighted by Gasteiger charge is -2.39. The summed E-state index contributed by atoms with van der Waals surface area (Å²) in [6, 6.07) is -7.62. The Morgan fingerprint density at radius 1 is 0.637 bits per heavy atom. The Kier molecular flexibility index (Phi) is 28.3. The molecule has 3 aliphatic carbocycles. The number of nitrogens with one attached hydrogen (secondary N) is 4. The molecule has 11 atom stereocenters. The molecule has 5 rings (SSSR count). The third-order valence-electron chi connectivity index (χ3n) is 19.8. The molecular formula is C64H104BrClF3N11O11. The van der Waals surface area contributed by atoms with Crippen molar-refractivity contribution in [1.82, 2.24) is 55.6 Å². The Labute approximate surface area is 550 Å². The fraction of sp³-hybridized carbons (Fsp3) is 0.828. The summed E-state index contributed by atoms with van der Waals surface area (Å²) in [6.45, 7) is 11.1. The van der Waals surface area contributed by atoms with E-state index in [1.54, 1.807) is 27.7 Å². The van der Waals surface area contributed by atoms with Gasteiger partial charge >= 0.3 is 6.18 Å². The van der Waals surface area contributed by atoms with Crippen molar-refractivity contribution < 1.29 is 65.9 Å². The maximum Gasteiger partial charge on any atom is 0.393 e. The normalized spacial score (nSPS) is 31.1. The number of halogens is 5. The van der Waals surface area contributed by atoms with Gasteiger partial charge in [0.2, 0.25) is 65.0 Å². The predicted octanol–water partition coefficient (Wildman–Crippen LogP) is 5.60. The van der Waals surface area contributed by atoms with Crippen molar-refractivity contribution in [2.45, 2.75) is 235 Å². The van der Waals surface area contributed by atoms with Crippen LogP contribution in [0.15, 0.2) is 0 Å². The molecule has 516 valence electrons. The van der Waals surface area contributed by atoms with Crippen molar-refractivity contribution in [2.75, 3.05) is 68.5 Å². The molecule has 11 amide bonds. The molecule has 0 aromatic rings. The number of fused-ring (bicyclic) bond motifs is 1. The maximum atomic E-state index is 15.1. The molecule has 2 heterocycles. The highest BCUT2D eigenvalue weighted by Crippen LogP contribution is 2.44. The molecule has 22 nitrogen and oxygen atoms in total. The first-order valence-corrected chi connectivity index (χ1v) is 34.3. The number of hydrogen-bond acceptors (Lipinski definition) is 11. The summed E-state index contributed by atoms with van der Waals surface area (Å²) in [5, 5.41) is 10.4. The molecule has 3 saturated carbocycles. The van der Waals surface area contributed by atoms with Crippen molar-refractivity contribution in [3.8, 4) is 0 Å². The molecule has 0 aromatic carbocycles. The minimum atomic E-state index is -4.50. The summed E-state index contributed by atoms with van der Waals surface area (Å²) >= 11 is 10.1. The van der Waals surface area contributed by atoms with E-state index in [2.05, 4.69) is 37.2 Å².